The van der Waals surface area contributed by atoms with Crippen LogP contribution in [0.25, 0.3) is 0 Å². The van der Waals surface area contributed by atoms with Gasteiger partial charge in [-0.05, 0) is 50.1 Å². The van der Waals surface area contributed by atoms with E-state index >= 15 is 0 Å². The van der Waals surface area contributed by atoms with Crippen LogP contribution in [0.3, 0.4) is 0 Å². The Morgan fingerprint density at radius 1 is 0.949 bits per heavy atom. The smallest absolute Gasteiger partial charge is 0.244 e. The third kappa shape index (κ3) is 8.53. The average Bonchev–Trinajstić information content (AvgIpc) is 2.85. The Kier molecular flexibility index (Phi) is 9.74. The summed E-state index contributed by atoms with van der Waals surface area (Å²) in [6.07, 6.45) is 1.07. The molecule has 0 aliphatic heterocycles. The van der Waals surface area contributed by atoms with Crippen LogP contribution in [0.15, 0.2) is 78.9 Å². The number of hydrogen-bond donors (Lipinski definition) is 1. The maximum atomic E-state index is 14.7. The minimum atomic E-state index is -4.06. The van der Waals surface area contributed by atoms with Crippen LogP contribution in [-0.4, -0.2) is 49.5 Å². The predicted molar refractivity (Wildman–Crippen MR) is 152 cm³/mol. The second-order valence-corrected chi connectivity index (χ2v) is 12.6. The van der Waals surface area contributed by atoms with Gasteiger partial charge in [-0.2, -0.15) is 0 Å². The second kappa shape index (κ2) is 12.6. The normalized spacial score (nSPS) is 12.5. The molecule has 39 heavy (non-hydrogen) atoms. The number of rotatable bonds is 10. The number of carbonyl (C=O) groups is 2. The number of benzene rings is 3. The first-order valence-electron chi connectivity index (χ1n) is 12.4. The molecule has 0 fully saturated rings. The number of halogens is 2. The molecule has 3 rings (SSSR count). The molecule has 0 saturated carbocycles. The van der Waals surface area contributed by atoms with E-state index in [-0.39, 0.29) is 18.7 Å². The highest BCUT2D eigenvalue weighted by atomic mass is 35.5. The Balaban J connectivity index is 2.10. The van der Waals surface area contributed by atoms with Crippen molar-refractivity contribution in [2.75, 3.05) is 17.1 Å². The summed E-state index contributed by atoms with van der Waals surface area (Å²) in [6.45, 7) is 4.71. The lowest BCUT2D eigenvalue weighted by atomic mass is 10.0. The zero-order chi connectivity index (χ0) is 28.8. The number of nitrogens with zero attached hydrogens (tertiary/aromatic N) is 2. The van der Waals surface area contributed by atoms with Crippen LogP contribution in [0.1, 0.15) is 31.9 Å². The Morgan fingerprint density at radius 2 is 1.54 bits per heavy atom. The minimum Gasteiger partial charge on any atom is -0.350 e. The summed E-state index contributed by atoms with van der Waals surface area (Å²) in [7, 11) is -4.06. The largest absolute Gasteiger partial charge is 0.350 e. The first kappa shape index (κ1) is 30.1. The molecule has 0 unspecified atom stereocenters. The molecule has 0 aliphatic carbocycles. The number of para-hydroxylation sites is 1. The lowest BCUT2D eigenvalue weighted by Gasteiger charge is -2.35. The van der Waals surface area contributed by atoms with E-state index in [0.29, 0.717) is 14.9 Å². The van der Waals surface area contributed by atoms with E-state index < -0.39 is 45.8 Å². The van der Waals surface area contributed by atoms with Gasteiger partial charge in [0.15, 0.2) is 0 Å². The molecular formula is C29H33ClFN3O4S. The highest BCUT2D eigenvalue weighted by molar-refractivity contribution is 7.92. The van der Waals surface area contributed by atoms with E-state index in [1.165, 1.54) is 23.1 Å². The Labute approximate surface area is 234 Å². The third-order valence-corrected chi connectivity index (χ3v) is 7.36. The van der Waals surface area contributed by atoms with Crippen molar-refractivity contribution in [3.63, 3.8) is 0 Å². The van der Waals surface area contributed by atoms with Crippen LogP contribution in [0.4, 0.5) is 10.1 Å². The van der Waals surface area contributed by atoms with Crippen molar-refractivity contribution in [3.05, 3.63) is 101 Å². The highest BCUT2D eigenvalue weighted by Gasteiger charge is 2.35. The third-order valence-electron chi connectivity index (χ3n) is 5.87. The zero-order valence-electron chi connectivity index (χ0n) is 22.4. The molecule has 0 saturated heterocycles. The van der Waals surface area contributed by atoms with Crippen LogP contribution in [0, 0.1) is 5.82 Å². The molecule has 10 heteroatoms. The van der Waals surface area contributed by atoms with Crippen molar-refractivity contribution in [1.29, 1.82) is 0 Å². The lowest BCUT2D eigenvalue weighted by molar-refractivity contribution is -0.140. The molecule has 0 heterocycles. The summed E-state index contributed by atoms with van der Waals surface area (Å²) < 4.78 is 40.8. The number of amides is 2. The van der Waals surface area contributed by atoms with Crippen molar-refractivity contribution in [2.45, 2.75) is 45.3 Å². The monoisotopic (exact) mass is 573 g/mol. The second-order valence-electron chi connectivity index (χ2n) is 10.3. The van der Waals surface area contributed by atoms with Gasteiger partial charge in [0.05, 0.1) is 11.9 Å². The van der Waals surface area contributed by atoms with Gasteiger partial charge >= 0.3 is 0 Å². The number of nitrogens with one attached hydrogen (secondary N) is 1. The number of anilines is 1. The fraction of sp³-hybridized carbons (Fsp3) is 0.310. The summed E-state index contributed by atoms with van der Waals surface area (Å²) in [4.78, 5) is 29.0. The molecule has 0 radical (unpaired) electrons. The van der Waals surface area contributed by atoms with E-state index in [1.807, 2.05) is 51.1 Å². The fourth-order valence-electron chi connectivity index (χ4n) is 4.07. The number of hydrogen-bond acceptors (Lipinski definition) is 4. The molecule has 7 nitrogen and oxygen atoms in total. The molecule has 2 amide bonds. The van der Waals surface area contributed by atoms with Gasteiger partial charge in [0.25, 0.3) is 0 Å². The average molecular weight is 574 g/mol. The molecule has 208 valence electrons. The summed E-state index contributed by atoms with van der Waals surface area (Å²) in [5.41, 5.74) is 0.519. The molecule has 3 aromatic carbocycles. The van der Waals surface area contributed by atoms with Gasteiger partial charge in [0, 0.05) is 23.5 Å². The van der Waals surface area contributed by atoms with E-state index in [4.69, 9.17) is 11.6 Å². The van der Waals surface area contributed by atoms with E-state index in [0.717, 1.165) is 17.9 Å². The van der Waals surface area contributed by atoms with Crippen molar-refractivity contribution < 1.29 is 22.4 Å². The van der Waals surface area contributed by atoms with Crippen LogP contribution in [0.5, 0.6) is 0 Å². The zero-order valence-corrected chi connectivity index (χ0v) is 24.0. The molecule has 1 atom stereocenters. The van der Waals surface area contributed by atoms with Gasteiger partial charge in [-0.3, -0.25) is 13.9 Å². The number of sulfonamides is 1. The topological polar surface area (TPSA) is 86.8 Å². The van der Waals surface area contributed by atoms with Crippen LogP contribution in [0.2, 0.25) is 5.02 Å². The van der Waals surface area contributed by atoms with E-state index in [9.17, 15) is 22.4 Å². The Bertz CT molecular complexity index is 1410. The van der Waals surface area contributed by atoms with Crippen molar-refractivity contribution in [2.24, 2.45) is 0 Å². The molecule has 3 aromatic rings. The first-order valence-corrected chi connectivity index (χ1v) is 14.6. The van der Waals surface area contributed by atoms with E-state index in [2.05, 4.69) is 5.32 Å². The van der Waals surface area contributed by atoms with Gasteiger partial charge in [-0.15, -0.1) is 0 Å². The SMILES string of the molecule is CC(C)(C)NC(=O)[C@H](Cc1ccccc1)N(Cc1ccccc1Cl)C(=O)CN(c1ccccc1F)S(C)(=O)=O. The number of carbonyl (C=O) groups excluding carboxylic acids is 2. The van der Waals surface area contributed by atoms with Crippen LogP contribution >= 0.6 is 11.6 Å². The molecular weight excluding hydrogens is 541 g/mol. The maximum Gasteiger partial charge on any atom is 0.244 e. The predicted octanol–water partition coefficient (Wildman–Crippen LogP) is 4.80. The molecule has 0 aliphatic rings. The first-order chi connectivity index (χ1) is 18.3. The van der Waals surface area contributed by atoms with Gasteiger partial charge in [-0.1, -0.05) is 72.3 Å². The summed E-state index contributed by atoms with van der Waals surface area (Å²) >= 11 is 6.42. The van der Waals surface area contributed by atoms with Crippen LogP contribution in [-0.2, 0) is 32.6 Å². The van der Waals surface area contributed by atoms with Gasteiger partial charge < -0.3 is 10.2 Å². The summed E-state index contributed by atoms with van der Waals surface area (Å²) in [6, 6.07) is 20.4. The summed E-state index contributed by atoms with van der Waals surface area (Å²) in [5, 5.41) is 3.33. The van der Waals surface area contributed by atoms with Gasteiger partial charge in [-0.25, -0.2) is 12.8 Å². The molecule has 0 spiro atoms. The fourth-order valence-corrected chi connectivity index (χ4v) is 5.11. The summed E-state index contributed by atoms with van der Waals surface area (Å²) in [5.74, 6) is -1.89. The Morgan fingerprint density at radius 3 is 2.13 bits per heavy atom. The molecule has 0 aromatic heterocycles. The highest BCUT2D eigenvalue weighted by Crippen LogP contribution is 2.24. The molecule has 1 N–H and O–H groups in total. The van der Waals surface area contributed by atoms with Crippen molar-refractivity contribution in [1.82, 2.24) is 10.2 Å². The lowest BCUT2D eigenvalue weighted by Crippen LogP contribution is -2.56. The molecule has 0 bridgehead atoms. The van der Waals surface area contributed by atoms with E-state index in [1.54, 1.807) is 24.3 Å². The van der Waals surface area contributed by atoms with Gasteiger partial charge in [0.1, 0.15) is 18.4 Å². The van der Waals surface area contributed by atoms with Crippen molar-refractivity contribution in [3.8, 4) is 0 Å². The van der Waals surface area contributed by atoms with Crippen molar-refractivity contribution >= 4 is 39.1 Å². The van der Waals surface area contributed by atoms with Gasteiger partial charge in [0.2, 0.25) is 21.8 Å². The standard InChI is InChI=1S/C29H33ClFN3O4S/c1-29(2,3)32-28(36)26(18-21-12-6-5-7-13-21)33(19-22-14-8-9-15-23(22)30)27(35)20-34(39(4,37)38)25-17-11-10-16-24(25)31/h5-17,26H,18-20H2,1-4H3,(H,32,36)/t26-/m0/s1. The quantitative estimate of drug-likeness (QED) is 0.377. The minimum absolute atomic E-state index is 0.0670. The Hall–Kier alpha value is -3.43. The maximum absolute atomic E-state index is 14.7. The van der Waals surface area contributed by atoms with Crippen LogP contribution < -0.4 is 9.62 Å².